The van der Waals surface area contributed by atoms with Crippen LogP contribution in [0.3, 0.4) is 0 Å². The highest BCUT2D eigenvalue weighted by Crippen LogP contribution is 2.26. The molecule has 2 heterocycles. The summed E-state index contributed by atoms with van der Waals surface area (Å²) in [5.41, 5.74) is 9.90. The van der Waals surface area contributed by atoms with Crippen LogP contribution in [-0.2, 0) is 7.05 Å². The first kappa shape index (κ1) is 28.3. The summed E-state index contributed by atoms with van der Waals surface area (Å²) >= 11 is 0. The van der Waals surface area contributed by atoms with Crippen molar-refractivity contribution in [3.05, 3.63) is 145 Å². The van der Waals surface area contributed by atoms with Crippen molar-refractivity contribution in [1.82, 2.24) is 4.98 Å². The topological polar surface area (TPSA) is 16.8 Å². The van der Waals surface area contributed by atoms with Crippen molar-refractivity contribution in [3.63, 3.8) is 0 Å². The van der Waals surface area contributed by atoms with E-state index in [2.05, 4.69) is 129 Å². The fourth-order valence-electron chi connectivity index (χ4n) is 4.18. The van der Waals surface area contributed by atoms with Crippen LogP contribution in [0.5, 0.6) is 0 Å². The van der Waals surface area contributed by atoms with Crippen molar-refractivity contribution < 1.29 is 4.57 Å². The molecule has 0 aliphatic heterocycles. The lowest BCUT2D eigenvalue weighted by molar-refractivity contribution is -0.660. The maximum absolute atomic E-state index is 4.25. The second-order valence-corrected chi connectivity index (χ2v) is 9.11. The van der Waals surface area contributed by atoms with Gasteiger partial charge in [0.05, 0.1) is 5.69 Å². The summed E-state index contributed by atoms with van der Waals surface area (Å²) in [6.07, 6.45) is 9.38. The van der Waals surface area contributed by atoms with Gasteiger partial charge in [-0.3, -0.25) is 4.98 Å². The van der Waals surface area contributed by atoms with Crippen LogP contribution in [0.25, 0.3) is 33.6 Å². The van der Waals surface area contributed by atoms with Crippen LogP contribution >= 0.6 is 0 Å². The highest BCUT2D eigenvalue weighted by molar-refractivity contribution is 5.69. The SMILES string of the molecule is CC=CCC.Cc1cc(-c2ccccc2C)[n+](C)cc1-c1ccccc1.c1ccc(-c2ccccn2)cc1. The van der Waals surface area contributed by atoms with Gasteiger partial charge in [-0.15, -0.1) is 0 Å². The summed E-state index contributed by atoms with van der Waals surface area (Å²) in [5.74, 6) is 0. The Bertz CT molecular complexity index is 1370. The summed E-state index contributed by atoms with van der Waals surface area (Å²) in [4.78, 5) is 4.25. The molecular weight excluding hydrogens is 460 g/mol. The van der Waals surface area contributed by atoms with Gasteiger partial charge in [0, 0.05) is 29.0 Å². The lowest BCUT2D eigenvalue weighted by Crippen LogP contribution is -2.31. The number of aryl methyl sites for hydroxylation is 3. The molecule has 0 aliphatic rings. The molecule has 0 saturated carbocycles. The molecule has 192 valence electrons. The Hall–Kier alpha value is -4.30. The maximum atomic E-state index is 4.25. The summed E-state index contributed by atoms with van der Waals surface area (Å²) in [7, 11) is 2.12. The van der Waals surface area contributed by atoms with E-state index in [4.69, 9.17) is 0 Å². The zero-order chi connectivity index (χ0) is 27.2. The van der Waals surface area contributed by atoms with Crippen LogP contribution in [0.1, 0.15) is 31.4 Å². The number of rotatable bonds is 4. The molecule has 0 unspecified atom stereocenters. The molecule has 38 heavy (non-hydrogen) atoms. The third-order valence-corrected chi connectivity index (χ3v) is 6.19. The summed E-state index contributed by atoms with van der Waals surface area (Å²) < 4.78 is 2.22. The van der Waals surface area contributed by atoms with Crippen LogP contribution in [0, 0.1) is 13.8 Å². The van der Waals surface area contributed by atoms with Crippen molar-refractivity contribution in [2.24, 2.45) is 7.05 Å². The smallest absolute Gasteiger partial charge is 0.212 e. The number of hydrogen-bond acceptors (Lipinski definition) is 1. The molecule has 5 aromatic rings. The largest absolute Gasteiger partial charge is 0.256 e. The molecule has 2 nitrogen and oxygen atoms in total. The van der Waals surface area contributed by atoms with E-state index in [9.17, 15) is 0 Å². The molecular formula is C36H39N2+. The molecule has 3 aromatic carbocycles. The predicted octanol–water partition coefficient (Wildman–Crippen LogP) is 9.18. The van der Waals surface area contributed by atoms with Crippen molar-refractivity contribution in [2.75, 3.05) is 0 Å². The predicted molar refractivity (Wildman–Crippen MR) is 163 cm³/mol. The first-order chi connectivity index (χ1) is 18.5. The second-order valence-electron chi connectivity index (χ2n) is 9.11. The van der Waals surface area contributed by atoms with E-state index in [1.165, 1.54) is 33.5 Å². The second kappa shape index (κ2) is 15.1. The number of aromatic nitrogens is 2. The van der Waals surface area contributed by atoms with Gasteiger partial charge in [-0.05, 0) is 62.1 Å². The Morgan fingerprint density at radius 2 is 1.29 bits per heavy atom. The molecule has 0 aliphatic carbocycles. The Morgan fingerprint density at radius 1 is 0.684 bits per heavy atom. The molecule has 0 bridgehead atoms. The van der Waals surface area contributed by atoms with Crippen LogP contribution in [0.15, 0.2) is 134 Å². The van der Waals surface area contributed by atoms with E-state index < -0.39 is 0 Å². The van der Waals surface area contributed by atoms with Crippen LogP contribution < -0.4 is 4.57 Å². The maximum Gasteiger partial charge on any atom is 0.212 e. The summed E-state index contributed by atoms with van der Waals surface area (Å²) in [6.45, 7) is 8.50. The van der Waals surface area contributed by atoms with Gasteiger partial charge < -0.3 is 0 Å². The van der Waals surface area contributed by atoms with Crippen LogP contribution in [-0.4, -0.2) is 4.98 Å². The first-order valence-corrected chi connectivity index (χ1v) is 13.2. The third kappa shape index (κ3) is 8.11. The van der Waals surface area contributed by atoms with Gasteiger partial charge >= 0.3 is 0 Å². The average molecular weight is 500 g/mol. The number of hydrogen-bond donors (Lipinski definition) is 0. The Labute approximate surface area is 229 Å². The lowest BCUT2D eigenvalue weighted by atomic mass is 9.98. The number of pyridine rings is 2. The van der Waals surface area contributed by atoms with Gasteiger partial charge in [0.2, 0.25) is 5.69 Å². The van der Waals surface area contributed by atoms with Crippen LogP contribution in [0.2, 0.25) is 0 Å². The Balaban J connectivity index is 0.000000197. The third-order valence-electron chi connectivity index (χ3n) is 6.19. The van der Waals surface area contributed by atoms with E-state index >= 15 is 0 Å². The molecule has 2 heteroatoms. The number of nitrogens with zero attached hydrogens (tertiary/aromatic N) is 2. The normalized spacial score (nSPS) is 10.2. The minimum atomic E-state index is 1.03. The molecule has 2 aromatic heterocycles. The molecule has 5 rings (SSSR count). The highest BCUT2D eigenvalue weighted by atomic mass is 14.9. The molecule has 0 amide bonds. The van der Waals surface area contributed by atoms with Crippen molar-refractivity contribution >= 4 is 0 Å². The molecule has 0 atom stereocenters. The summed E-state index contributed by atoms with van der Waals surface area (Å²) in [5, 5.41) is 0. The first-order valence-electron chi connectivity index (χ1n) is 13.2. The minimum absolute atomic E-state index is 1.03. The minimum Gasteiger partial charge on any atom is -0.256 e. The lowest BCUT2D eigenvalue weighted by Gasteiger charge is -2.09. The Kier molecular flexibility index (Phi) is 11.2. The van der Waals surface area contributed by atoms with E-state index in [1.807, 2.05) is 49.5 Å². The van der Waals surface area contributed by atoms with E-state index in [-0.39, 0.29) is 0 Å². The molecule has 0 spiro atoms. The number of benzene rings is 3. The number of allylic oxidation sites excluding steroid dienone is 2. The fraction of sp³-hybridized carbons (Fsp3) is 0.167. The fourth-order valence-corrected chi connectivity index (χ4v) is 4.18. The van der Waals surface area contributed by atoms with Crippen molar-refractivity contribution in [1.29, 1.82) is 0 Å². The van der Waals surface area contributed by atoms with Gasteiger partial charge in [-0.2, -0.15) is 0 Å². The van der Waals surface area contributed by atoms with Crippen molar-refractivity contribution in [3.8, 4) is 33.6 Å². The van der Waals surface area contributed by atoms with Gasteiger partial charge in [0.25, 0.3) is 0 Å². The highest BCUT2D eigenvalue weighted by Gasteiger charge is 2.16. The zero-order valence-corrected chi connectivity index (χ0v) is 23.3. The molecule has 0 saturated heterocycles. The average Bonchev–Trinajstić information content (AvgIpc) is 2.97. The molecule has 0 fully saturated rings. The monoisotopic (exact) mass is 499 g/mol. The van der Waals surface area contributed by atoms with Gasteiger partial charge in [0.1, 0.15) is 7.05 Å². The van der Waals surface area contributed by atoms with E-state index in [0.29, 0.717) is 0 Å². The van der Waals surface area contributed by atoms with Crippen molar-refractivity contribution in [2.45, 2.75) is 34.1 Å². The standard InChI is InChI=1S/C20H20N.C11H9N.C5H10/c1-15-9-7-8-12-18(15)20-13-16(2)19(14-21(20)3)17-10-5-4-6-11-17;1-2-6-10(7-3-1)11-8-4-5-9-12-11;1-3-5-4-2/h4-14H,1-3H3;1-9H;3,5H,4H2,1-2H3/q+1;;. The Morgan fingerprint density at radius 3 is 1.84 bits per heavy atom. The van der Waals surface area contributed by atoms with E-state index in [0.717, 1.165) is 17.7 Å². The van der Waals surface area contributed by atoms with Crippen LogP contribution in [0.4, 0.5) is 0 Å². The molecule has 0 N–H and O–H groups in total. The summed E-state index contributed by atoms with van der Waals surface area (Å²) in [6, 6.07) is 37.5. The quantitative estimate of drug-likeness (QED) is 0.178. The van der Waals surface area contributed by atoms with Gasteiger partial charge in [-0.1, -0.05) is 104 Å². The van der Waals surface area contributed by atoms with Gasteiger partial charge in [0.15, 0.2) is 6.20 Å². The van der Waals surface area contributed by atoms with E-state index in [1.54, 1.807) is 0 Å². The van der Waals surface area contributed by atoms with Gasteiger partial charge in [-0.25, -0.2) is 4.57 Å². The molecule has 0 radical (unpaired) electrons. The zero-order valence-electron chi connectivity index (χ0n) is 23.3.